The van der Waals surface area contributed by atoms with Gasteiger partial charge in [0.05, 0.1) is 6.17 Å². The molecule has 1 unspecified atom stereocenters. The molecule has 4 nitrogen and oxygen atoms in total. The van der Waals surface area contributed by atoms with Crippen LogP contribution in [0.3, 0.4) is 0 Å². The van der Waals surface area contributed by atoms with E-state index in [1.54, 1.807) is 31.2 Å². The number of rotatable bonds is 2. The average Bonchev–Trinajstić information content (AvgIpc) is 2.18. The molecule has 0 aliphatic carbocycles. The highest BCUT2D eigenvalue weighted by Crippen LogP contribution is 2.06. The largest absolute Gasteiger partial charge is 0.376 e. The Kier molecular flexibility index (Phi) is 3.76. The normalized spacial score (nSPS) is 11.9. The van der Waals surface area contributed by atoms with E-state index in [0.717, 1.165) is 0 Å². The van der Waals surface area contributed by atoms with Crippen molar-refractivity contribution in [1.82, 2.24) is 4.90 Å². The number of carbonyl (C=O) groups is 1. The van der Waals surface area contributed by atoms with Gasteiger partial charge in [0, 0.05) is 5.56 Å². The van der Waals surface area contributed by atoms with Gasteiger partial charge in [-0.1, -0.05) is 18.2 Å². The molecule has 0 radical (unpaired) electrons. The molecule has 0 fully saturated rings. The molecule has 0 spiro atoms. The van der Waals surface area contributed by atoms with Crippen LogP contribution < -0.4 is 11.5 Å². The zero-order chi connectivity index (χ0) is 11.4. The predicted molar refractivity (Wildman–Crippen MR) is 63.0 cm³/mol. The highest BCUT2D eigenvalue weighted by Gasteiger charge is 2.20. The summed E-state index contributed by atoms with van der Waals surface area (Å²) in [6.45, 7) is 1.65. The van der Waals surface area contributed by atoms with Crippen LogP contribution in [-0.4, -0.2) is 22.1 Å². The summed E-state index contributed by atoms with van der Waals surface area (Å²) in [7, 11) is 0. The Labute approximate surface area is 93.9 Å². The molecule has 0 saturated heterocycles. The molecule has 1 aromatic rings. The van der Waals surface area contributed by atoms with Crippen LogP contribution in [0.2, 0.25) is 0 Å². The molecule has 0 bridgehead atoms. The fourth-order valence-corrected chi connectivity index (χ4v) is 1.45. The van der Waals surface area contributed by atoms with E-state index in [1.807, 2.05) is 6.07 Å². The standard InChI is InChI=1S/C10H13N3OS/c1-7(11)13(10(12)15)9(14)8-5-3-2-4-6-8/h2-7H,11H2,1H3,(H2,12,15). The lowest BCUT2D eigenvalue weighted by atomic mass is 10.2. The van der Waals surface area contributed by atoms with Crippen molar-refractivity contribution in [2.45, 2.75) is 13.1 Å². The van der Waals surface area contributed by atoms with Crippen molar-refractivity contribution in [1.29, 1.82) is 0 Å². The summed E-state index contributed by atoms with van der Waals surface area (Å²) in [5.74, 6) is -0.280. The summed E-state index contributed by atoms with van der Waals surface area (Å²) in [4.78, 5) is 13.1. The quantitative estimate of drug-likeness (QED) is 0.571. The van der Waals surface area contributed by atoms with Crippen molar-refractivity contribution in [2.75, 3.05) is 0 Å². The monoisotopic (exact) mass is 223 g/mol. The molecule has 1 amide bonds. The summed E-state index contributed by atoms with van der Waals surface area (Å²) in [5, 5.41) is -0.0150. The second kappa shape index (κ2) is 4.86. The molecule has 0 aliphatic heterocycles. The van der Waals surface area contributed by atoms with E-state index in [1.165, 1.54) is 4.90 Å². The van der Waals surface area contributed by atoms with Crippen LogP contribution in [0.1, 0.15) is 17.3 Å². The molecule has 80 valence electrons. The van der Waals surface area contributed by atoms with Crippen molar-refractivity contribution in [3.05, 3.63) is 35.9 Å². The van der Waals surface area contributed by atoms with E-state index in [4.69, 9.17) is 23.7 Å². The third-order valence-electron chi connectivity index (χ3n) is 1.88. The molecule has 0 aliphatic rings. The summed E-state index contributed by atoms with van der Waals surface area (Å²) in [6, 6.07) is 8.75. The van der Waals surface area contributed by atoms with Crippen molar-refractivity contribution >= 4 is 23.2 Å². The number of carbonyl (C=O) groups excluding carboxylic acids is 1. The van der Waals surface area contributed by atoms with Gasteiger partial charge in [-0.25, -0.2) is 0 Å². The van der Waals surface area contributed by atoms with E-state index in [-0.39, 0.29) is 11.0 Å². The van der Waals surface area contributed by atoms with Crippen LogP contribution in [0, 0.1) is 0 Å². The van der Waals surface area contributed by atoms with Gasteiger partial charge in [-0.3, -0.25) is 9.69 Å². The van der Waals surface area contributed by atoms with Gasteiger partial charge in [-0.15, -0.1) is 0 Å². The molecule has 5 heteroatoms. The van der Waals surface area contributed by atoms with Gasteiger partial charge in [0.2, 0.25) is 0 Å². The number of hydrogen-bond acceptors (Lipinski definition) is 3. The predicted octanol–water partition coefficient (Wildman–Crippen LogP) is 0.677. The smallest absolute Gasteiger partial charge is 0.261 e. The first kappa shape index (κ1) is 11.6. The van der Waals surface area contributed by atoms with Crippen LogP contribution in [0.15, 0.2) is 30.3 Å². The average molecular weight is 223 g/mol. The van der Waals surface area contributed by atoms with Gasteiger partial charge in [0.15, 0.2) is 5.11 Å². The lowest BCUT2D eigenvalue weighted by Gasteiger charge is -2.24. The fourth-order valence-electron chi connectivity index (χ4n) is 1.21. The SMILES string of the molecule is CC(N)N(C(=O)c1ccccc1)C(N)=S. The maximum atomic E-state index is 11.9. The van der Waals surface area contributed by atoms with Crippen LogP contribution in [0.4, 0.5) is 0 Å². The van der Waals surface area contributed by atoms with Gasteiger partial charge in [-0.05, 0) is 31.3 Å². The highest BCUT2D eigenvalue weighted by atomic mass is 32.1. The second-order valence-electron chi connectivity index (χ2n) is 3.12. The molecule has 1 rings (SSSR count). The first-order valence-electron chi connectivity index (χ1n) is 4.47. The third-order valence-corrected chi connectivity index (χ3v) is 2.08. The topological polar surface area (TPSA) is 72.3 Å². The Morgan fingerprint density at radius 3 is 2.33 bits per heavy atom. The number of benzene rings is 1. The number of amides is 1. The minimum absolute atomic E-state index is 0.0150. The third kappa shape index (κ3) is 2.74. The Balaban J connectivity index is 2.97. The van der Waals surface area contributed by atoms with E-state index in [9.17, 15) is 4.79 Å². The van der Waals surface area contributed by atoms with Crippen LogP contribution in [0.5, 0.6) is 0 Å². The zero-order valence-corrected chi connectivity index (χ0v) is 9.20. The highest BCUT2D eigenvalue weighted by molar-refractivity contribution is 7.80. The Hall–Kier alpha value is -1.46. The number of thiocarbonyl (C=S) groups is 1. The Morgan fingerprint density at radius 2 is 1.93 bits per heavy atom. The van der Waals surface area contributed by atoms with Crippen molar-refractivity contribution < 1.29 is 4.79 Å². The Morgan fingerprint density at radius 1 is 1.40 bits per heavy atom. The first-order valence-corrected chi connectivity index (χ1v) is 4.88. The van der Waals surface area contributed by atoms with Gasteiger partial charge in [0.25, 0.3) is 5.91 Å². The van der Waals surface area contributed by atoms with E-state index in [0.29, 0.717) is 5.56 Å². The van der Waals surface area contributed by atoms with Crippen molar-refractivity contribution in [3.63, 3.8) is 0 Å². The summed E-state index contributed by atoms with van der Waals surface area (Å²) in [6.07, 6.45) is -0.532. The summed E-state index contributed by atoms with van der Waals surface area (Å²) < 4.78 is 0. The zero-order valence-electron chi connectivity index (χ0n) is 8.38. The maximum Gasteiger partial charge on any atom is 0.261 e. The van der Waals surface area contributed by atoms with Gasteiger partial charge in [0.1, 0.15) is 0 Å². The van der Waals surface area contributed by atoms with Gasteiger partial charge < -0.3 is 11.5 Å². The summed E-state index contributed by atoms with van der Waals surface area (Å²) in [5.41, 5.74) is 11.6. The van der Waals surface area contributed by atoms with Gasteiger partial charge in [-0.2, -0.15) is 0 Å². The van der Waals surface area contributed by atoms with E-state index < -0.39 is 6.17 Å². The lowest BCUT2D eigenvalue weighted by molar-refractivity contribution is 0.0815. The Bertz CT molecular complexity index is 364. The molecule has 4 N–H and O–H groups in total. The summed E-state index contributed by atoms with van der Waals surface area (Å²) >= 11 is 4.77. The number of hydrogen-bond donors (Lipinski definition) is 2. The molecular weight excluding hydrogens is 210 g/mol. The molecule has 15 heavy (non-hydrogen) atoms. The lowest BCUT2D eigenvalue weighted by Crippen LogP contribution is -2.50. The van der Waals surface area contributed by atoms with E-state index >= 15 is 0 Å². The van der Waals surface area contributed by atoms with Crippen molar-refractivity contribution in [2.24, 2.45) is 11.5 Å². The number of nitrogens with two attached hydrogens (primary N) is 2. The second-order valence-corrected chi connectivity index (χ2v) is 3.54. The van der Waals surface area contributed by atoms with Crippen LogP contribution in [0.25, 0.3) is 0 Å². The molecule has 0 heterocycles. The van der Waals surface area contributed by atoms with Crippen molar-refractivity contribution in [3.8, 4) is 0 Å². The minimum Gasteiger partial charge on any atom is -0.376 e. The molecule has 0 aromatic heterocycles. The van der Waals surface area contributed by atoms with Gasteiger partial charge >= 0.3 is 0 Å². The first-order chi connectivity index (χ1) is 7.04. The van der Waals surface area contributed by atoms with E-state index in [2.05, 4.69) is 0 Å². The minimum atomic E-state index is -0.532. The molecule has 1 aromatic carbocycles. The van der Waals surface area contributed by atoms with Crippen LogP contribution >= 0.6 is 12.2 Å². The molecule has 1 atom stereocenters. The number of nitrogens with zero attached hydrogens (tertiary/aromatic N) is 1. The molecular formula is C10H13N3OS. The fraction of sp³-hybridized carbons (Fsp3) is 0.200. The van der Waals surface area contributed by atoms with Crippen LogP contribution in [-0.2, 0) is 0 Å². The maximum absolute atomic E-state index is 11.9. The molecule has 0 saturated carbocycles.